The number of nitrogens with zero attached hydrogens (tertiary/aromatic N) is 2. The summed E-state index contributed by atoms with van der Waals surface area (Å²) in [7, 11) is -3.64. The Hall–Kier alpha value is -2.03. The smallest absolute Gasteiger partial charge is 0.244 e. The summed E-state index contributed by atoms with van der Waals surface area (Å²) in [6.07, 6.45) is 5.38. The summed E-state index contributed by atoms with van der Waals surface area (Å²) >= 11 is 0. The van der Waals surface area contributed by atoms with E-state index in [-0.39, 0.29) is 17.3 Å². The van der Waals surface area contributed by atoms with Gasteiger partial charge in [-0.05, 0) is 36.2 Å². The minimum atomic E-state index is -3.64. The standard InChI is InChI=1S/C12H15N5O2S/c13-17-12-11(2-1-6-15-12)20(18,19)16-9-5-10-3-7-14-8-4-10/h1-4,6-8,16H,5,9,13H2,(H,15,17). The first-order chi connectivity index (χ1) is 9.63. The van der Waals surface area contributed by atoms with Crippen LogP contribution >= 0.6 is 0 Å². The molecule has 2 heterocycles. The van der Waals surface area contributed by atoms with Gasteiger partial charge in [-0.1, -0.05) is 0 Å². The van der Waals surface area contributed by atoms with Crippen LogP contribution in [-0.2, 0) is 16.4 Å². The Balaban J connectivity index is 2.04. The van der Waals surface area contributed by atoms with Crippen LogP contribution in [0.4, 0.5) is 5.82 Å². The maximum atomic E-state index is 12.1. The molecule has 0 aliphatic heterocycles. The van der Waals surface area contributed by atoms with Crippen molar-refractivity contribution in [3.05, 3.63) is 48.4 Å². The van der Waals surface area contributed by atoms with Gasteiger partial charge in [0.1, 0.15) is 4.90 Å². The molecule has 4 N–H and O–H groups in total. The summed E-state index contributed by atoms with van der Waals surface area (Å²) < 4.78 is 26.8. The second kappa shape index (κ2) is 6.42. The molecule has 0 aliphatic rings. The van der Waals surface area contributed by atoms with Crippen molar-refractivity contribution in [1.82, 2.24) is 14.7 Å². The molecule has 0 radical (unpaired) electrons. The lowest BCUT2D eigenvalue weighted by Crippen LogP contribution is -2.27. The van der Waals surface area contributed by atoms with Crippen LogP contribution in [-0.4, -0.2) is 24.9 Å². The molecule has 2 aromatic heterocycles. The van der Waals surface area contributed by atoms with Gasteiger partial charge in [-0.2, -0.15) is 0 Å². The van der Waals surface area contributed by atoms with Crippen LogP contribution in [0.5, 0.6) is 0 Å². The first-order valence-electron chi connectivity index (χ1n) is 5.93. The molecule has 7 nitrogen and oxygen atoms in total. The summed E-state index contributed by atoms with van der Waals surface area (Å²) in [5, 5.41) is 0. The number of nitrogens with one attached hydrogen (secondary N) is 2. The maximum absolute atomic E-state index is 12.1. The second-order valence-electron chi connectivity index (χ2n) is 4.00. The van der Waals surface area contributed by atoms with Crippen molar-refractivity contribution >= 4 is 15.8 Å². The number of hydrazine groups is 1. The summed E-state index contributed by atoms with van der Waals surface area (Å²) in [5.74, 6) is 5.37. The first-order valence-corrected chi connectivity index (χ1v) is 7.42. The third-order valence-corrected chi connectivity index (χ3v) is 4.14. The van der Waals surface area contributed by atoms with Crippen molar-refractivity contribution in [2.45, 2.75) is 11.3 Å². The molecule has 20 heavy (non-hydrogen) atoms. The highest BCUT2D eigenvalue weighted by molar-refractivity contribution is 7.89. The molecule has 0 aromatic carbocycles. The third kappa shape index (κ3) is 3.50. The molecule has 0 atom stereocenters. The molecule has 0 unspecified atom stereocenters. The molecule has 2 aromatic rings. The van der Waals surface area contributed by atoms with Crippen LogP contribution in [0.2, 0.25) is 0 Å². The van der Waals surface area contributed by atoms with E-state index in [2.05, 4.69) is 20.1 Å². The highest BCUT2D eigenvalue weighted by atomic mass is 32.2. The number of aromatic nitrogens is 2. The highest BCUT2D eigenvalue weighted by Crippen LogP contribution is 2.16. The van der Waals surface area contributed by atoms with E-state index in [0.29, 0.717) is 6.42 Å². The molecule has 0 aliphatic carbocycles. The number of hydrogen-bond donors (Lipinski definition) is 3. The number of nitrogen functional groups attached to an aromatic ring is 1. The van der Waals surface area contributed by atoms with Crippen molar-refractivity contribution in [3.8, 4) is 0 Å². The fourth-order valence-electron chi connectivity index (χ4n) is 1.67. The SMILES string of the molecule is NNc1ncccc1S(=O)(=O)NCCc1ccncc1. The van der Waals surface area contributed by atoms with Crippen LogP contribution in [0.3, 0.4) is 0 Å². The van der Waals surface area contributed by atoms with Gasteiger partial charge < -0.3 is 5.43 Å². The molecule has 0 amide bonds. The van der Waals surface area contributed by atoms with Gasteiger partial charge in [0, 0.05) is 25.1 Å². The Morgan fingerprint density at radius 2 is 1.90 bits per heavy atom. The monoisotopic (exact) mass is 293 g/mol. The van der Waals surface area contributed by atoms with Gasteiger partial charge in [-0.15, -0.1) is 0 Å². The molecule has 0 bridgehead atoms. The summed E-state index contributed by atoms with van der Waals surface area (Å²) in [5.41, 5.74) is 3.28. The third-order valence-electron chi connectivity index (χ3n) is 2.65. The van der Waals surface area contributed by atoms with E-state index in [4.69, 9.17) is 5.84 Å². The fourth-order valence-corrected chi connectivity index (χ4v) is 2.82. The van der Waals surface area contributed by atoms with Crippen LogP contribution in [0.15, 0.2) is 47.8 Å². The topological polar surface area (TPSA) is 110 Å². The molecule has 0 saturated carbocycles. The van der Waals surface area contributed by atoms with E-state index >= 15 is 0 Å². The number of sulfonamides is 1. The van der Waals surface area contributed by atoms with Gasteiger partial charge in [-0.3, -0.25) is 4.98 Å². The lowest BCUT2D eigenvalue weighted by molar-refractivity contribution is 0.581. The summed E-state index contributed by atoms with van der Waals surface area (Å²) in [6, 6.07) is 6.66. The van der Waals surface area contributed by atoms with E-state index in [1.807, 2.05) is 12.1 Å². The minimum absolute atomic E-state index is 0.0252. The largest absolute Gasteiger partial charge is 0.307 e. The van der Waals surface area contributed by atoms with E-state index in [9.17, 15) is 8.42 Å². The Labute approximate surface area is 117 Å². The van der Waals surface area contributed by atoms with E-state index in [1.165, 1.54) is 18.3 Å². The Kier molecular flexibility index (Phi) is 4.61. The molecule has 0 saturated heterocycles. The number of anilines is 1. The quantitative estimate of drug-likeness (QED) is 0.521. The molecule has 2 rings (SSSR count). The van der Waals surface area contributed by atoms with Crippen molar-refractivity contribution in [1.29, 1.82) is 0 Å². The second-order valence-corrected chi connectivity index (χ2v) is 5.73. The van der Waals surface area contributed by atoms with Gasteiger partial charge in [0.05, 0.1) is 0 Å². The Bertz CT molecular complexity index is 661. The Morgan fingerprint density at radius 1 is 1.15 bits per heavy atom. The predicted octanol–water partition coefficient (Wildman–Crippen LogP) is 0.283. The Morgan fingerprint density at radius 3 is 2.60 bits per heavy atom. The van der Waals surface area contributed by atoms with Crippen LogP contribution in [0.1, 0.15) is 5.56 Å². The summed E-state index contributed by atoms with van der Waals surface area (Å²) in [4.78, 5) is 7.79. The highest BCUT2D eigenvalue weighted by Gasteiger charge is 2.18. The van der Waals surface area contributed by atoms with Gasteiger partial charge in [0.2, 0.25) is 10.0 Å². The number of nitrogens with two attached hydrogens (primary N) is 1. The normalized spacial score (nSPS) is 11.2. The minimum Gasteiger partial charge on any atom is -0.307 e. The lowest BCUT2D eigenvalue weighted by atomic mass is 10.2. The van der Waals surface area contributed by atoms with Crippen LogP contribution < -0.4 is 16.0 Å². The van der Waals surface area contributed by atoms with Crippen molar-refractivity contribution in [2.75, 3.05) is 12.0 Å². The lowest BCUT2D eigenvalue weighted by Gasteiger charge is -2.09. The number of rotatable bonds is 6. The summed E-state index contributed by atoms with van der Waals surface area (Å²) in [6.45, 7) is 0.283. The molecular formula is C12H15N5O2S. The van der Waals surface area contributed by atoms with Gasteiger partial charge >= 0.3 is 0 Å². The predicted molar refractivity (Wildman–Crippen MR) is 75.2 cm³/mol. The number of pyridine rings is 2. The maximum Gasteiger partial charge on any atom is 0.244 e. The zero-order valence-corrected chi connectivity index (χ0v) is 11.5. The zero-order chi connectivity index (χ0) is 14.4. The molecule has 0 spiro atoms. The van der Waals surface area contributed by atoms with Gasteiger partial charge in [-0.25, -0.2) is 24.0 Å². The number of hydrogen-bond acceptors (Lipinski definition) is 6. The van der Waals surface area contributed by atoms with Crippen LogP contribution in [0.25, 0.3) is 0 Å². The fraction of sp³-hybridized carbons (Fsp3) is 0.167. The van der Waals surface area contributed by atoms with E-state index in [0.717, 1.165) is 5.56 Å². The van der Waals surface area contributed by atoms with E-state index in [1.54, 1.807) is 12.4 Å². The van der Waals surface area contributed by atoms with Crippen molar-refractivity contribution in [3.63, 3.8) is 0 Å². The van der Waals surface area contributed by atoms with Crippen molar-refractivity contribution < 1.29 is 8.42 Å². The molecule has 106 valence electrons. The van der Waals surface area contributed by atoms with Crippen molar-refractivity contribution in [2.24, 2.45) is 5.84 Å². The van der Waals surface area contributed by atoms with Crippen LogP contribution in [0, 0.1) is 0 Å². The molecular weight excluding hydrogens is 278 g/mol. The molecule has 0 fully saturated rings. The first kappa shape index (κ1) is 14.4. The average Bonchev–Trinajstić information content (AvgIpc) is 2.48. The zero-order valence-electron chi connectivity index (χ0n) is 10.7. The van der Waals surface area contributed by atoms with E-state index < -0.39 is 10.0 Å². The van der Waals surface area contributed by atoms with Gasteiger partial charge in [0.25, 0.3) is 0 Å². The molecule has 8 heteroatoms. The van der Waals surface area contributed by atoms with Gasteiger partial charge in [0.15, 0.2) is 5.82 Å². The average molecular weight is 293 g/mol.